The molecule has 1 aromatic rings. The smallest absolute Gasteiger partial charge is 1.00 e. The third kappa shape index (κ3) is 4.59. The van der Waals surface area contributed by atoms with E-state index in [0.29, 0.717) is 0 Å². The Bertz CT molecular complexity index is 484. The second kappa shape index (κ2) is 5.34. The van der Waals surface area contributed by atoms with Gasteiger partial charge in [-0.15, -0.1) is 0 Å². The minimum atomic E-state index is -4.34. The molecule has 0 unspecified atom stereocenters. The maximum absolute atomic E-state index is 10.5. The van der Waals surface area contributed by atoms with E-state index in [-0.39, 0.29) is 52.8 Å². The molecule has 1 aromatic carbocycles. The maximum atomic E-state index is 10.5. The summed E-state index contributed by atoms with van der Waals surface area (Å²) in [5, 5.41) is 0. The first-order valence-corrected chi connectivity index (χ1v) is 6.14. The van der Waals surface area contributed by atoms with Gasteiger partial charge in [-0.3, -0.25) is 9.11 Å². The average molecular weight is 278 g/mol. The predicted molar refractivity (Wildman–Crippen MR) is 47.2 cm³/mol. The Morgan fingerprint density at radius 3 is 1.13 bits per heavy atom. The monoisotopic (exact) mass is 278 g/mol. The van der Waals surface area contributed by atoms with Crippen LogP contribution in [-0.2, 0) is 20.2 Å². The SMILES string of the molecule is O=S(=O)(O)c1ccc(S(=O)(=O)O)cc1.[H-].[K+]. The molecule has 0 heterocycles. The van der Waals surface area contributed by atoms with E-state index >= 15 is 0 Å². The van der Waals surface area contributed by atoms with Crippen LogP contribution >= 0.6 is 0 Å². The van der Waals surface area contributed by atoms with Gasteiger partial charge in [0.2, 0.25) is 0 Å². The van der Waals surface area contributed by atoms with Gasteiger partial charge in [-0.1, -0.05) is 0 Å². The van der Waals surface area contributed by atoms with Gasteiger partial charge in [0, 0.05) is 0 Å². The van der Waals surface area contributed by atoms with Gasteiger partial charge in [-0.05, 0) is 24.3 Å². The molecule has 0 spiro atoms. The van der Waals surface area contributed by atoms with Crippen LogP contribution in [0.15, 0.2) is 34.1 Å². The van der Waals surface area contributed by atoms with Crippen LogP contribution < -0.4 is 51.4 Å². The molecule has 0 radical (unpaired) electrons. The molecule has 2 N–H and O–H groups in total. The van der Waals surface area contributed by atoms with Gasteiger partial charge in [-0.25, -0.2) is 0 Å². The van der Waals surface area contributed by atoms with Crippen molar-refractivity contribution in [1.29, 1.82) is 0 Å². The van der Waals surface area contributed by atoms with E-state index in [1.807, 2.05) is 0 Å². The zero-order valence-corrected chi connectivity index (χ0v) is 12.4. The van der Waals surface area contributed by atoms with Gasteiger partial charge in [0.1, 0.15) is 0 Å². The first kappa shape index (κ1) is 15.7. The molecule has 15 heavy (non-hydrogen) atoms. The van der Waals surface area contributed by atoms with Crippen LogP contribution in [0.2, 0.25) is 0 Å². The molecule has 0 aromatic heterocycles. The van der Waals surface area contributed by atoms with Crippen LogP contribution in [0, 0.1) is 0 Å². The summed E-state index contributed by atoms with van der Waals surface area (Å²) in [6, 6.07) is 3.49. The van der Waals surface area contributed by atoms with Crippen molar-refractivity contribution in [1.82, 2.24) is 0 Å². The van der Waals surface area contributed by atoms with Crippen molar-refractivity contribution in [3.8, 4) is 0 Å². The van der Waals surface area contributed by atoms with Crippen molar-refractivity contribution >= 4 is 20.2 Å². The van der Waals surface area contributed by atoms with Gasteiger partial charge in [0.15, 0.2) is 0 Å². The van der Waals surface area contributed by atoms with Crippen molar-refractivity contribution in [2.75, 3.05) is 0 Å². The van der Waals surface area contributed by atoms with Gasteiger partial charge in [0.05, 0.1) is 9.79 Å². The summed E-state index contributed by atoms with van der Waals surface area (Å²) in [4.78, 5) is -0.880. The van der Waals surface area contributed by atoms with Crippen LogP contribution in [-0.4, -0.2) is 25.9 Å². The number of hydrogen-bond acceptors (Lipinski definition) is 4. The van der Waals surface area contributed by atoms with Crippen molar-refractivity contribution in [2.24, 2.45) is 0 Å². The van der Waals surface area contributed by atoms with Crippen LogP contribution in [0.4, 0.5) is 0 Å². The number of rotatable bonds is 2. The molecule has 9 heteroatoms. The summed E-state index contributed by atoms with van der Waals surface area (Å²) in [7, 11) is -8.68. The predicted octanol–water partition coefficient (Wildman–Crippen LogP) is -2.70. The van der Waals surface area contributed by atoms with E-state index in [1.54, 1.807) is 0 Å². The Morgan fingerprint density at radius 1 is 0.800 bits per heavy atom. The van der Waals surface area contributed by atoms with Crippen molar-refractivity contribution in [2.45, 2.75) is 9.79 Å². The van der Waals surface area contributed by atoms with E-state index in [2.05, 4.69) is 0 Å². The second-order valence-electron chi connectivity index (χ2n) is 2.42. The van der Waals surface area contributed by atoms with E-state index < -0.39 is 30.0 Å². The number of benzene rings is 1. The molecular weight excluding hydrogens is 271 g/mol. The third-order valence-corrected chi connectivity index (χ3v) is 3.16. The largest absolute Gasteiger partial charge is 1.00 e. The minimum absolute atomic E-state index is 0. The molecule has 0 aliphatic rings. The minimum Gasteiger partial charge on any atom is -1.00 e. The molecule has 0 aliphatic carbocycles. The fourth-order valence-electron chi connectivity index (χ4n) is 0.784. The second-order valence-corrected chi connectivity index (χ2v) is 5.26. The van der Waals surface area contributed by atoms with Gasteiger partial charge in [0.25, 0.3) is 20.2 Å². The van der Waals surface area contributed by atoms with Gasteiger partial charge < -0.3 is 1.43 Å². The van der Waals surface area contributed by atoms with Crippen LogP contribution in [0.5, 0.6) is 0 Å². The van der Waals surface area contributed by atoms with E-state index in [1.165, 1.54) is 0 Å². The van der Waals surface area contributed by atoms with Crippen molar-refractivity contribution in [3.05, 3.63) is 24.3 Å². The molecule has 0 aliphatic heterocycles. The van der Waals surface area contributed by atoms with Crippen LogP contribution in [0.25, 0.3) is 0 Å². The van der Waals surface area contributed by atoms with Crippen LogP contribution in [0.1, 0.15) is 1.43 Å². The Morgan fingerprint density at radius 2 is 1.00 bits per heavy atom. The van der Waals surface area contributed by atoms with Crippen molar-refractivity contribution in [3.63, 3.8) is 0 Å². The molecule has 6 nitrogen and oxygen atoms in total. The third-order valence-electron chi connectivity index (χ3n) is 1.42. The quantitative estimate of drug-likeness (QED) is 0.450. The fourth-order valence-corrected chi connectivity index (χ4v) is 1.74. The molecule has 0 bridgehead atoms. The standard InChI is InChI=1S/C6H6O6S2.K.H/c7-13(8,9)5-1-2-6(4-3-5)14(10,11)12;;/h1-4H,(H,7,8,9)(H,10,11,12);;/q;+1;-1. The summed E-state index contributed by atoms with van der Waals surface area (Å²) < 4.78 is 59.2. The molecule has 0 atom stereocenters. The fraction of sp³-hybridized carbons (Fsp3) is 0. The Balaban J connectivity index is 0. The Kier molecular flexibility index (Phi) is 5.58. The normalized spacial score (nSPS) is 11.9. The molecule has 0 fully saturated rings. The van der Waals surface area contributed by atoms with E-state index in [0.717, 1.165) is 24.3 Å². The summed E-state index contributed by atoms with van der Waals surface area (Å²) in [6.07, 6.45) is 0. The molecule has 0 amide bonds. The van der Waals surface area contributed by atoms with Gasteiger partial charge in [-0.2, -0.15) is 16.8 Å². The molecular formula is C6H7KO6S2. The summed E-state index contributed by atoms with van der Waals surface area (Å²) in [5.41, 5.74) is 0. The van der Waals surface area contributed by atoms with E-state index in [4.69, 9.17) is 9.11 Å². The topological polar surface area (TPSA) is 109 Å². The number of hydrogen-bond donors (Lipinski definition) is 2. The summed E-state index contributed by atoms with van der Waals surface area (Å²) in [6.45, 7) is 0. The summed E-state index contributed by atoms with van der Waals surface area (Å²) in [5.74, 6) is 0. The van der Waals surface area contributed by atoms with Crippen molar-refractivity contribution < 1.29 is 78.8 Å². The van der Waals surface area contributed by atoms with E-state index in [9.17, 15) is 16.8 Å². The zero-order valence-electron chi connectivity index (χ0n) is 8.65. The first-order chi connectivity index (χ1) is 6.21. The molecule has 80 valence electrons. The van der Waals surface area contributed by atoms with Gasteiger partial charge >= 0.3 is 51.4 Å². The first-order valence-electron chi connectivity index (χ1n) is 3.26. The Hall–Kier alpha value is 0.676. The zero-order chi connectivity index (χ0) is 11.0. The molecule has 1 rings (SSSR count). The molecule has 0 saturated carbocycles. The Labute approximate surface area is 131 Å². The average Bonchev–Trinajstić information content (AvgIpc) is 2.01. The maximum Gasteiger partial charge on any atom is 1.00 e. The molecule has 0 saturated heterocycles. The van der Waals surface area contributed by atoms with Crippen LogP contribution in [0.3, 0.4) is 0 Å². The summed E-state index contributed by atoms with van der Waals surface area (Å²) >= 11 is 0.